The van der Waals surface area contributed by atoms with Crippen molar-refractivity contribution in [1.82, 2.24) is 9.88 Å². The second kappa shape index (κ2) is 11.5. The van der Waals surface area contributed by atoms with Crippen molar-refractivity contribution in [2.45, 2.75) is 30.4 Å². The average Bonchev–Trinajstić information content (AvgIpc) is 3.31. The molecule has 200 valence electrons. The van der Waals surface area contributed by atoms with Crippen LogP contribution in [0.2, 0.25) is 5.02 Å². The molecule has 0 saturated carbocycles. The van der Waals surface area contributed by atoms with E-state index in [0.29, 0.717) is 22.8 Å². The molecule has 0 spiro atoms. The van der Waals surface area contributed by atoms with Crippen LogP contribution in [0.4, 0.5) is 20.7 Å². The van der Waals surface area contributed by atoms with Crippen molar-refractivity contribution in [3.63, 3.8) is 0 Å². The molecule has 0 radical (unpaired) electrons. The first-order valence-corrected chi connectivity index (χ1v) is 14.0. The lowest BCUT2D eigenvalue weighted by atomic mass is 10.0. The van der Waals surface area contributed by atoms with Crippen molar-refractivity contribution in [2.75, 3.05) is 30.0 Å². The zero-order valence-electron chi connectivity index (χ0n) is 20.6. The normalized spacial score (nSPS) is 17.3. The summed E-state index contributed by atoms with van der Waals surface area (Å²) in [6.07, 6.45) is 2.32. The van der Waals surface area contributed by atoms with Gasteiger partial charge in [0.05, 0.1) is 21.7 Å². The van der Waals surface area contributed by atoms with Gasteiger partial charge in [-0.05, 0) is 42.8 Å². The number of carbonyl (C=O) groups is 2. The molecular weight excluding hydrogens is 535 g/mol. The molecule has 9 nitrogen and oxygen atoms in total. The van der Waals surface area contributed by atoms with Crippen LogP contribution >= 0.6 is 11.6 Å². The highest BCUT2D eigenvalue weighted by molar-refractivity contribution is 7.90. The fourth-order valence-corrected chi connectivity index (χ4v) is 5.31. The van der Waals surface area contributed by atoms with E-state index in [1.807, 2.05) is 6.92 Å². The Bertz CT molecular complexity index is 1450. The van der Waals surface area contributed by atoms with E-state index in [-0.39, 0.29) is 35.5 Å². The van der Waals surface area contributed by atoms with Crippen LogP contribution < -0.4 is 10.6 Å². The lowest BCUT2D eigenvalue weighted by molar-refractivity contribution is -0.119. The first-order valence-electron chi connectivity index (χ1n) is 11.8. The summed E-state index contributed by atoms with van der Waals surface area (Å²) in [5, 5.41) is 5.60. The molecule has 0 unspecified atom stereocenters. The molecule has 0 aliphatic carbocycles. The summed E-state index contributed by atoms with van der Waals surface area (Å²) < 4.78 is 45.0. The molecule has 3 aromatic rings. The lowest BCUT2D eigenvalue weighted by Crippen LogP contribution is -2.45. The molecule has 2 N–H and O–H groups in total. The Morgan fingerprint density at radius 1 is 1.16 bits per heavy atom. The second-order valence-electron chi connectivity index (χ2n) is 8.73. The molecule has 1 aromatic heterocycles. The molecule has 0 bridgehead atoms. The summed E-state index contributed by atoms with van der Waals surface area (Å²) in [4.78, 5) is 31.6. The Balaban J connectivity index is 1.53. The third-order valence-corrected chi connectivity index (χ3v) is 7.39. The third kappa shape index (κ3) is 6.29. The second-order valence-corrected chi connectivity index (χ2v) is 11.1. The van der Waals surface area contributed by atoms with E-state index in [1.54, 1.807) is 24.3 Å². The standard InChI is InChI=1S/C26H26ClFN4O5S/c1-3-37-18-13-22(32(15-18)26(34)31-24-11-9-17(27)14-29-24)25(33)30-21-10-8-16(12-20(21)28)19-6-4-5-7-23(19)38(2,35)36/h4-12,14,18,22H,3,13,15H2,1-2H3,(H,30,33)(H,29,31,34)/t18-,22-/m1/s1. The Hall–Kier alpha value is -3.54. The molecule has 12 heteroatoms. The maximum absolute atomic E-state index is 15.1. The van der Waals surface area contributed by atoms with E-state index in [4.69, 9.17) is 16.3 Å². The molecule has 1 saturated heterocycles. The predicted octanol–water partition coefficient (Wildman–Crippen LogP) is 4.59. The van der Waals surface area contributed by atoms with Crippen LogP contribution in [-0.4, -0.2) is 61.8 Å². The summed E-state index contributed by atoms with van der Waals surface area (Å²) in [5.74, 6) is -1.08. The molecule has 3 amide bonds. The molecule has 1 fully saturated rings. The number of halogens is 2. The molecule has 1 aliphatic rings. The smallest absolute Gasteiger partial charge is 0.323 e. The summed E-state index contributed by atoms with van der Waals surface area (Å²) in [7, 11) is -3.54. The lowest BCUT2D eigenvalue weighted by Gasteiger charge is -2.24. The number of nitrogens with zero attached hydrogens (tertiary/aromatic N) is 2. The van der Waals surface area contributed by atoms with Gasteiger partial charge in [-0.25, -0.2) is 22.6 Å². The maximum atomic E-state index is 15.1. The highest BCUT2D eigenvalue weighted by Crippen LogP contribution is 2.30. The number of anilines is 2. The van der Waals surface area contributed by atoms with Gasteiger partial charge < -0.3 is 15.0 Å². The third-order valence-electron chi connectivity index (χ3n) is 6.02. The van der Waals surface area contributed by atoms with Crippen LogP contribution in [0.5, 0.6) is 0 Å². The van der Waals surface area contributed by atoms with Gasteiger partial charge in [-0.3, -0.25) is 10.1 Å². The van der Waals surface area contributed by atoms with Gasteiger partial charge in [-0.2, -0.15) is 0 Å². The number of aromatic nitrogens is 1. The number of hydrogen-bond acceptors (Lipinski definition) is 6. The van der Waals surface area contributed by atoms with E-state index >= 15 is 4.39 Å². The highest BCUT2D eigenvalue weighted by Gasteiger charge is 2.40. The quantitative estimate of drug-likeness (QED) is 0.436. The minimum Gasteiger partial charge on any atom is -0.377 e. The van der Waals surface area contributed by atoms with Gasteiger partial charge in [0, 0.05) is 37.6 Å². The fraction of sp³-hybridized carbons (Fsp3) is 0.269. The molecule has 2 aromatic carbocycles. The van der Waals surface area contributed by atoms with Gasteiger partial charge >= 0.3 is 6.03 Å². The summed E-state index contributed by atoms with van der Waals surface area (Å²) in [5.41, 5.74) is 0.589. The zero-order valence-corrected chi connectivity index (χ0v) is 22.2. The van der Waals surface area contributed by atoms with Gasteiger partial charge in [0.2, 0.25) is 5.91 Å². The Labute approximate surface area is 224 Å². The highest BCUT2D eigenvalue weighted by atomic mass is 35.5. The van der Waals surface area contributed by atoms with Gasteiger partial charge in [-0.1, -0.05) is 35.9 Å². The van der Waals surface area contributed by atoms with Gasteiger partial charge in [0.25, 0.3) is 0 Å². The monoisotopic (exact) mass is 560 g/mol. The van der Waals surface area contributed by atoms with Crippen molar-refractivity contribution in [3.05, 3.63) is 71.6 Å². The molecule has 2 heterocycles. The minimum atomic E-state index is -3.54. The van der Waals surface area contributed by atoms with Crippen molar-refractivity contribution in [1.29, 1.82) is 0 Å². The summed E-state index contributed by atoms with van der Waals surface area (Å²) in [6, 6.07) is 11.9. The van der Waals surface area contributed by atoms with E-state index in [0.717, 1.165) is 12.3 Å². The predicted molar refractivity (Wildman–Crippen MR) is 142 cm³/mol. The number of likely N-dealkylation sites (tertiary alicyclic amines) is 1. The SMILES string of the molecule is CCO[C@@H]1C[C@H](C(=O)Nc2ccc(-c3ccccc3S(C)(=O)=O)cc2F)N(C(=O)Nc2ccc(Cl)cn2)C1. The number of urea groups is 1. The van der Waals surface area contributed by atoms with E-state index < -0.39 is 33.6 Å². The fourth-order valence-electron chi connectivity index (χ4n) is 4.29. The van der Waals surface area contributed by atoms with E-state index in [9.17, 15) is 18.0 Å². The Morgan fingerprint density at radius 2 is 1.92 bits per heavy atom. The molecule has 2 atom stereocenters. The van der Waals surface area contributed by atoms with Crippen LogP contribution in [0.25, 0.3) is 11.1 Å². The summed E-state index contributed by atoms with van der Waals surface area (Å²) >= 11 is 5.84. The first kappa shape index (κ1) is 27.5. The molecule has 38 heavy (non-hydrogen) atoms. The van der Waals surface area contributed by atoms with Crippen molar-refractivity contribution in [2.24, 2.45) is 0 Å². The first-order chi connectivity index (χ1) is 18.1. The number of pyridine rings is 1. The van der Waals surface area contributed by atoms with Crippen molar-refractivity contribution >= 4 is 44.9 Å². The maximum Gasteiger partial charge on any atom is 0.323 e. The number of carbonyl (C=O) groups excluding carboxylic acids is 2. The number of sulfone groups is 1. The van der Waals surface area contributed by atoms with Crippen molar-refractivity contribution < 1.29 is 27.1 Å². The molecule has 1 aliphatic heterocycles. The minimum absolute atomic E-state index is 0.0703. The summed E-state index contributed by atoms with van der Waals surface area (Å²) in [6.45, 7) is 2.38. The van der Waals surface area contributed by atoms with Gasteiger partial charge in [0.1, 0.15) is 17.7 Å². The number of benzene rings is 2. The molecule has 4 rings (SSSR count). The van der Waals surface area contributed by atoms with E-state index in [2.05, 4.69) is 15.6 Å². The number of ether oxygens (including phenoxy) is 1. The van der Waals surface area contributed by atoms with Crippen LogP contribution in [-0.2, 0) is 19.4 Å². The number of rotatable bonds is 7. The van der Waals surface area contributed by atoms with Crippen LogP contribution in [0.1, 0.15) is 13.3 Å². The van der Waals surface area contributed by atoms with Crippen LogP contribution in [0.15, 0.2) is 65.7 Å². The van der Waals surface area contributed by atoms with Crippen LogP contribution in [0, 0.1) is 5.82 Å². The number of nitrogens with one attached hydrogen (secondary N) is 2. The zero-order chi connectivity index (χ0) is 27.4. The molecular formula is C26H26ClFN4O5S. The van der Waals surface area contributed by atoms with E-state index in [1.165, 1.54) is 35.4 Å². The largest absolute Gasteiger partial charge is 0.377 e. The number of amides is 3. The Morgan fingerprint density at radius 3 is 2.58 bits per heavy atom. The van der Waals surface area contributed by atoms with Gasteiger partial charge in [0.15, 0.2) is 9.84 Å². The Kier molecular flexibility index (Phi) is 8.29. The topological polar surface area (TPSA) is 118 Å². The van der Waals surface area contributed by atoms with Crippen LogP contribution in [0.3, 0.4) is 0 Å². The average molecular weight is 561 g/mol. The van der Waals surface area contributed by atoms with Gasteiger partial charge in [-0.15, -0.1) is 0 Å². The van der Waals surface area contributed by atoms with Crippen molar-refractivity contribution in [3.8, 4) is 11.1 Å². The number of hydrogen-bond donors (Lipinski definition) is 2.